The molecule has 0 aliphatic heterocycles. The second kappa shape index (κ2) is 3.62. The van der Waals surface area contributed by atoms with Gasteiger partial charge in [-0.2, -0.15) is 4.68 Å². The summed E-state index contributed by atoms with van der Waals surface area (Å²) in [6.45, 7) is 2.01. The predicted molar refractivity (Wildman–Crippen MR) is 59.0 cm³/mol. The predicted octanol–water partition coefficient (Wildman–Crippen LogP) is 2.40. The maximum Gasteiger partial charge on any atom is 0.218 e. The van der Waals surface area contributed by atoms with Gasteiger partial charge in [-0.25, -0.2) is 5.10 Å². The Hall–Kier alpha value is -1.01. The molecule has 0 amide bonds. The molecule has 2 rings (SSSR count). The summed E-state index contributed by atoms with van der Waals surface area (Å²) in [7, 11) is 0. The lowest BCUT2D eigenvalue weighted by Gasteiger charge is -2.02. The van der Waals surface area contributed by atoms with Crippen LogP contribution >= 0.6 is 28.1 Å². The fourth-order valence-electron chi connectivity index (χ4n) is 1.13. The summed E-state index contributed by atoms with van der Waals surface area (Å²) in [4.78, 5) is 0. The molecule has 0 radical (unpaired) electrons. The van der Waals surface area contributed by atoms with Crippen molar-refractivity contribution in [2.45, 2.75) is 6.92 Å². The van der Waals surface area contributed by atoms with E-state index in [-0.39, 0.29) is 0 Å². The van der Waals surface area contributed by atoms with E-state index in [1.807, 2.05) is 25.1 Å². The summed E-state index contributed by atoms with van der Waals surface area (Å²) in [6.07, 6.45) is 0. The highest BCUT2D eigenvalue weighted by atomic mass is 79.9. The van der Waals surface area contributed by atoms with Crippen molar-refractivity contribution in [1.82, 2.24) is 20.2 Å². The molecule has 0 fully saturated rings. The maximum absolute atomic E-state index is 5.01. The topological polar surface area (TPSA) is 46.5 Å². The van der Waals surface area contributed by atoms with Gasteiger partial charge in [-0.1, -0.05) is 15.9 Å². The van der Waals surface area contributed by atoms with Crippen molar-refractivity contribution >= 4 is 28.1 Å². The Labute approximate surface area is 94.1 Å². The van der Waals surface area contributed by atoms with Crippen LogP contribution in [0.15, 0.2) is 22.7 Å². The number of aromatic nitrogens is 4. The van der Waals surface area contributed by atoms with Gasteiger partial charge in [0.25, 0.3) is 0 Å². The van der Waals surface area contributed by atoms with Crippen LogP contribution in [0.1, 0.15) is 5.56 Å². The third-order valence-corrected chi connectivity index (χ3v) is 3.01. The van der Waals surface area contributed by atoms with Crippen LogP contribution < -0.4 is 0 Å². The van der Waals surface area contributed by atoms with E-state index in [1.165, 1.54) is 0 Å². The number of halogens is 1. The van der Waals surface area contributed by atoms with Gasteiger partial charge in [-0.05, 0) is 53.3 Å². The molecular weight excluding hydrogens is 264 g/mol. The van der Waals surface area contributed by atoms with Crippen molar-refractivity contribution in [1.29, 1.82) is 0 Å². The highest BCUT2D eigenvalue weighted by Gasteiger charge is 2.01. The number of nitrogens with one attached hydrogen (secondary N) is 1. The van der Waals surface area contributed by atoms with Gasteiger partial charge in [0.15, 0.2) is 0 Å². The second-order valence-electron chi connectivity index (χ2n) is 2.85. The first-order valence-electron chi connectivity index (χ1n) is 3.95. The fourth-order valence-corrected chi connectivity index (χ4v) is 1.56. The first-order valence-corrected chi connectivity index (χ1v) is 5.15. The van der Waals surface area contributed by atoms with E-state index in [4.69, 9.17) is 12.2 Å². The Morgan fingerprint density at radius 2 is 2.29 bits per heavy atom. The fraction of sp³-hybridized carbons (Fsp3) is 0.125. The van der Waals surface area contributed by atoms with Crippen LogP contribution in [0.2, 0.25) is 0 Å². The molecule has 1 heterocycles. The average Bonchev–Trinajstić information content (AvgIpc) is 2.57. The first kappa shape index (κ1) is 9.54. The molecule has 0 bridgehead atoms. The van der Waals surface area contributed by atoms with Crippen LogP contribution in [0.3, 0.4) is 0 Å². The van der Waals surface area contributed by atoms with E-state index in [0.717, 1.165) is 15.7 Å². The number of hydrogen-bond acceptors (Lipinski definition) is 3. The molecule has 0 saturated carbocycles. The Bertz CT molecular complexity index is 516. The second-order valence-corrected chi connectivity index (χ2v) is 4.09. The summed E-state index contributed by atoms with van der Waals surface area (Å²) in [5.41, 5.74) is 2.04. The zero-order valence-corrected chi connectivity index (χ0v) is 9.76. The Morgan fingerprint density at radius 3 is 2.86 bits per heavy atom. The molecule has 72 valence electrons. The molecule has 1 aromatic carbocycles. The van der Waals surface area contributed by atoms with Gasteiger partial charge in [0, 0.05) is 4.47 Å². The van der Waals surface area contributed by atoms with E-state index in [1.54, 1.807) is 4.68 Å². The Kier molecular flexibility index (Phi) is 2.47. The molecule has 2 aromatic rings. The number of aromatic amines is 1. The van der Waals surface area contributed by atoms with E-state index in [0.29, 0.717) is 4.77 Å². The highest BCUT2D eigenvalue weighted by molar-refractivity contribution is 9.10. The Balaban J connectivity index is 2.59. The lowest BCUT2D eigenvalue weighted by molar-refractivity contribution is 0.785. The normalized spacial score (nSPS) is 10.4. The van der Waals surface area contributed by atoms with E-state index in [9.17, 15) is 0 Å². The van der Waals surface area contributed by atoms with Gasteiger partial charge in [0.05, 0.1) is 5.69 Å². The monoisotopic (exact) mass is 270 g/mol. The van der Waals surface area contributed by atoms with Crippen molar-refractivity contribution in [3.05, 3.63) is 33.0 Å². The molecule has 14 heavy (non-hydrogen) atoms. The van der Waals surface area contributed by atoms with E-state index in [2.05, 4.69) is 31.5 Å². The molecule has 1 N–H and O–H groups in total. The minimum Gasteiger partial charge on any atom is -0.231 e. The van der Waals surface area contributed by atoms with Gasteiger partial charge in [0.2, 0.25) is 4.77 Å². The van der Waals surface area contributed by atoms with Crippen LogP contribution in [-0.2, 0) is 0 Å². The number of rotatable bonds is 1. The summed E-state index contributed by atoms with van der Waals surface area (Å²) in [6, 6.07) is 5.87. The lowest BCUT2D eigenvalue weighted by atomic mass is 10.2. The molecule has 0 saturated heterocycles. The highest BCUT2D eigenvalue weighted by Crippen LogP contribution is 2.18. The molecule has 0 spiro atoms. The first-order chi connectivity index (χ1) is 6.68. The van der Waals surface area contributed by atoms with Gasteiger partial charge < -0.3 is 0 Å². The standard InChI is InChI=1S/C8H7BrN4S/c1-5-4-6(2-3-7(5)9)13-8(14)10-11-12-13/h2-4H,1H3,(H,10,12,14). The van der Waals surface area contributed by atoms with Gasteiger partial charge >= 0.3 is 0 Å². The van der Waals surface area contributed by atoms with E-state index >= 15 is 0 Å². The summed E-state index contributed by atoms with van der Waals surface area (Å²) in [5.74, 6) is 0. The summed E-state index contributed by atoms with van der Waals surface area (Å²) >= 11 is 8.45. The van der Waals surface area contributed by atoms with Gasteiger partial charge in [-0.15, -0.1) is 0 Å². The molecular formula is C8H7BrN4S. The molecule has 0 aliphatic rings. The summed E-state index contributed by atoms with van der Waals surface area (Å²) in [5, 5.41) is 10.1. The quantitative estimate of drug-likeness (QED) is 0.810. The van der Waals surface area contributed by atoms with Crippen molar-refractivity contribution in [3.8, 4) is 5.69 Å². The third-order valence-electron chi connectivity index (χ3n) is 1.86. The van der Waals surface area contributed by atoms with Gasteiger partial charge in [-0.3, -0.25) is 0 Å². The third kappa shape index (κ3) is 1.62. The zero-order chi connectivity index (χ0) is 10.1. The van der Waals surface area contributed by atoms with Crippen molar-refractivity contribution in [2.75, 3.05) is 0 Å². The maximum atomic E-state index is 5.01. The lowest BCUT2D eigenvalue weighted by Crippen LogP contribution is -1.97. The van der Waals surface area contributed by atoms with Crippen molar-refractivity contribution < 1.29 is 0 Å². The number of nitrogens with zero attached hydrogens (tertiary/aromatic N) is 3. The number of H-pyrrole nitrogens is 1. The zero-order valence-electron chi connectivity index (χ0n) is 7.36. The van der Waals surface area contributed by atoms with Crippen molar-refractivity contribution in [3.63, 3.8) is 0 Å². The molecule has 0 aliphatic carbocycles. The number of aryl methyl sites for hydroxylation is 1. The molecule has 4 nitrogen and oxygen atoms in total. The van der Waals surface area contributed by atoms with Crippen LogP contribution in [0.5, 0.6) is 0 Å². The number of hydrogen-bond donors (Lipinski definition) is 1. The molecule has 1 aromatic heterocycles. The van der Waals surface area contributed by atoms with Crippen LogP contribution in [0.25, 0.3) is 5.69 Å². The van der Waals surface area contributed by atoms with Crippen LogP contribution in [0, 0.1) is 11.7 Å². The Morgan fingerprint density at radius 1 is 1.50 bits per heavy atom. The van der Waals surface area contributed by atoms with Gasteiger partial charge in [0.1, 0.15) is 0 Å². The largest absolute Gasteiger partial charge is 0.231 e. The number of tetrazole rings is 1. The van der Waals surface area contributed by atoms with E-state index < -0.39 is 0 Å². The van der Waals surface area contributed by atoms with Crippen LogP contribution in [-0.4, -0.2) is 20.2 Å². The SMILES string of the molecule is Cc1cc(-n2nn[nH]c2=S)ccc1Br. The average molecular weight is 271 g/mol. The smallest absolute Gasteiger partial charge is 0.218 e. The molecule has 6 heteroatoms. The minimum absolute atomic E-state index is 0.492. The van der Waals surface area contributed by atoms with Crippen LogP contribution in [0.4, 0.5) is 0 Å². The number of benzene rings is 1. The van der Waals surface area contributed by atoms with Crippen molar-refractivity contribution in [2.24, 2.45) is 0 Å². The molecule has 0 unspecified atom stereocenters. The molecule has 0 atom stereocenters. The summed E-state index contributed by atoms with van der Waals surface area (Å²) < 4.78 is 3.14. The minimum atomic E-state index is 0.492.